The Hall–Kier alpha value is -1.33. The molecule has 1 saturated heterocycles. The van der Waals surface area contributed by atoms with E-state index >= 15 is 0 Å². The zero-order chi connectivity index (χ0) is 12.8. The average Bonchev–Trinajstić information content (AvgIpc) is 2.87. The molecule has 0 atom stereocenters. The Kier molecular flexibility index (Phi) is 2.68. The van der Waals surface area contributed by atoms with Crippen LogP contribution in [0.2, 0.25) is 0 Å². The first-order valence-corrected chi connectivity index (χ1v) is 7.69. The number of hydrogen-bond donors (Lipinski definition) is 1. The molecule has 0 spiro atoms. The van der Waals surface area contributed by atoms with E-state index in [0.29, 0.717) is 17.1 Å². The van der Waals surface area contributed by atoms with Gasteiger partial charge in [0.2, 0.25) is 9.84 Å². The lowest BCUT2D eigenvalue weighted by Crippen LogP contribution is -2.21. The summed E-state index contributed by atoms with van der Waals surface area (Å²) in [6.45, 7) is 2.81. The van der Waals surface area contributed by atoms with Crippen molar-refractivity contribution < 1.29 is 8.42 Å². The summed E-state index contributed by atoms with van der Waals surface area (Å²) in [5.41, 5.74) is 8.02. The first-order valence-electron chi connectivity index (χ1n) is 6.14. The smallest absolute Gasteiger partial charge is 0.200 e. The molecule has 0 unspecified atom stereocenters. The lowest BCUT2D eigenvalue weighted by atomic mass is 10.1. The van der Waals surface area contributed by atoms with Gasteiger partial charge in [0.15, 0.2) is 0 Å². The van der Waals surface area contributed by atoms with Crippen molar-refractivity contribution in [2.24, 2.45) is 0 Å². The number of hydrogen-bond acceptors (Lipinski definition) is 4. The average molecular weight is 264 g/mol. The van der Waals surface area contributed by atoms with E-state index in [-0.39, 0.29) is 0 Å². The minimum atomic E-state index is -3.26. The van der Waals surface area contributed by atoms with Crippen LogP contribution in [0.3, 0.4) is 0 Å². The molecular formula is C13H16N2O2S. The molecule has 5 heteroatoms. The van der Waals surface area contributed by atoms with E-state index in [1.807, 2.05) is 0 Å². The molecule has 4 nitrogen and oxygen atoms in total. The Bertz CT molecular complexity index is 614. The van der Waals surface area contributed by atoms with E-state index < -0.39 is 9.84 Å². The lowest BCUT2D eigenvalue weighted by molar-refractivity contribution is 0.383. The van der Waals surface area contributed by atoms with Crippen LogP contribution in [0.25, 0.3) is 5.57 Å². The van der Waals surface area contributed by atoms with Crippen molar-refractivity contribution in [3.8, 4) is 0 Å². The number of nitrogen functional groups attached to an aromatic ring is 1. The molecule has 1 fully saturated rings. The molecule has 2 heterocycles. The van der Waals surface area contributed by atoms with Crippen molar-refractivity contribution in [2.75, 3.05) is 25.4 Å². The molecule has 2 aliphatic rings. The number of anilines is 1. The van der Waals surface area contributed by atoms with Gasteiger partial charge in [-0.25, -0.2) is 8.42 Å². The zero-order valence-electron chi connectivity index (χ0n) is 10.1. The molecule has 96 valence electrons. The molecule has 2 N–H and O–H groups in total. The van der Waals surface area contributed by atoms with Crippen LogP contribution in [0.5, 0.6) is 0 Å². The Labute approximate surface area is 107 Å². The SMILES string of the molecule is Nc1ccc2c(c1)C(CN1CCCC1)=CS2(=O)=O. The third-order valence-electron chi connectivity index (χ3n) is 3.55. The van der Waals surface area contributed by atoms with Crippen molar-refractivity contribution in [1.82, 2.24) is 4.90 Å². The fraction of sp³-hybridized carbons (Fsp3) is 0.385. The number of nitrogens with zero attached hydrogens (tertiary/aromatic N) is 1. The van der Waals surface area contributed by atoms with Gasteiger partial charge in [-0.15, -0.1) is 0 Å². The van der Waals surface area contributed by atoms with Gasteiger partial charge in [-0.1, -0.05) is 0 Å². The largest absolute Gasteiger partial charge is 0.399 e. The van der Waals surface area contributed by atoms with E-state index in [9.17, 15) is 8.42 Å². The summed E-state index contributed by atoms with van der Waals surface area (Å²) in [7, 11) is -3.26. The second kappa shape index (κ2) is 4.10. The monoisotopic (exact) mass is 264 g/mol. The van der Waals surface area contributed by atoms with Crippen LogP contribution in [0.1, 0.15) is 18.4 Å². The highest BCUT2D eigenvalue weighted by atomic mass is 32.2. The summed E-state index contributed by atoms with van der Waals surface area (Å²) >= 11 is 0. The zero-order valence-corrected chi connectivity index (χ0v) is 10.9. The van der Waals surface area contributed by atoms with Crippen molar-refractivity contribution in [3.63, 3.8) is 0 Å². The fourth-order valence-corrected chi connectivity index (χ4v) is 4.12. The van der Waals surface area contributed by atoms with Crippen LogP contribution in [0.4, 0.5) is 5.69 Å². The van der Waals surface area contributed by atoms with Crippen LogP contribution in [-0.2, 0) is 9.84 Å². The molecule has 0 bridgehead atoms. The second-order valence-corrected chi connectivity index (χ2v) is 6.69. The number of sulfone groups is 1. The van der Waals surface area contributed by atoms with Gasteiger partial charge in [-0.3, -0.25) is 4.90 Å². The van der Waals surface area contributed by atoms with Gasteiger partial charge in [0.05, 0.1) is 4.90 Å². The van der Waals surface area contributed by atoms with Gasteiger partial charge in [-0.2, -0.15) is 0 Å². The van der Waals surface area contributed by atoms with Crippen LogP contribution >= 0.6 is 0 Å². The highest BCUT2D eigenvalue weighted by Gasteiger charge is 2.28. The van der Waals surface area contributed by atoms with Gasteiger partial charge >= 0.3 is 0 Å². The first-order chi connectivity index (χ1) is 8.56. The molecule has 2 aliphatic heterocycles. The summed E-state index contributed by atoms with van der Waals surface area (Å²) in [4.78, 5) is 2.69. The minimum Gasteiger partial charge on any atom is -0.399 e. The van der Waals surface area contributed by atoms with Crippen molar-refractivity contribution in [1.29, 1.82) is 0 Å². The quantitative estimate of drug-likeness (QED) is 0.822. The van der Waals surface area contributed by atoms with Crippen molar-refractivity contribution in [2.45, 2.75) is 17.7 Å². The highest BCUT2D eigenvalue weighted by molar-refractivity contribution is 7.95. The maximum Gasteiger partial charge on any atom is 0.200 e. The molecule has 0 aliphatic carbocycles. The van der Waals surface area contributed by atoms with Crippen molar-refractivity contribution in [3.05, 3.63) is 29.2 Å². The number of likely N-dealkylation sites (tertiary alicyclic amines) is 1. The molecular weight excluding hydrogens is 248 g/mol. The molecule has 18 heavy (non-hydrogen) atoms. The molecule has 1 aromatic rings. The number of fused-ring (bicyclic) bond motifs is 1. The maximum absolute atomic E-state index is 12.0. The summed E-state index contributed by atoms with van der Waals surface area (Å²) in [5.74, 6) is 0. The highest BCUT2D eigenvalue weighted by Crippen LogP contribution is 2.35. The molecule has 0 amide bonds. The molecule has 0 aromatic heterocycles. The molecule has 0 radical (unpaired) electrons. The van der Waals surface area contributed by atoms with E-state index in [2.05, 4.69) is 4.90 Å². The Morgan fingerprint density at radius 1 is 1.22 bits per heavy atom. The Morgan fingerprint density at radius 3 is 2.67 bits per heavy atom. The number of benzene rings is 1. The van der Waals surface area contributed by atoms with Crippen LogP contribution in [0.15, 0.2) is 28.5 Å². The van der Waals surface area contributed by atoms with E-state index in [1.54, 1.807) is 18.2 Å². The van der Waals surface area contributed by atoms with Gasteiger partial charge in [0.25, 0.3) is 0 Å². The lowest BCUT2D eigenvalue weighted by Gasteiger charge is -2.15. The van der Waals surface area contributed by atoms with E-state index in [0.717, 1.165) is 24.2 Å². The standard InChI is InChI=1S/C13H16N2O2S/c14-11-3-4-13-12(7-11)10(9-18(13,16)17)8-15-5-1-2-6-15/h3-4,7,9H,1-2,5-6,8,14H2. The van der Waals surface area contributed by atoms with E-state index in [1.165, 1.54) is 18.2 Å². The van der Waals surface area contributed by atoms with Gasteiger partial charge in [-0.05, 0) is 49.7 Å². The third kappa shape index (κ3) is 1.93. The maximum atomic E-state index is 12.0. The molecule has 1 aromatic carbocycles. The fourth-order valence-electron chi connectivity index (χ4n) is 2.66. The summed E-state index contributed by atoms with van der Waals surface area (Å²) in [6, 6.07) is 5.01. The number of rotatable bonds is 2. The predicted molar refractivity (Wildman–Crippen MR) is 71.7 cm³/mol. The summed E-state index contributed by atoms with van der Waals surface area (Å²) in [5, 5.41) is 1.40. The molecule has 0 saturated carbocycles. The first kappa shape index (κ1) is 11.7. The third-order valence-corrected chi connectivity index (χ3v) is 5.11. The van der Waals surface area contributed by atoms with Crippen LogP contribution in [0, 0.1) is 0 Å². The van der Waals surface area contributed by atoms with E-state index in [4.69, 9.17) is 5.73 Å². The van der Waals surface area contributed by atoms with Crippen LogP contribution < -0.4 is 5.73 Å². The van der Waals surface area contributed by atoms with Gasteiger partial charge in [0, 0.05) is 23.2 Å². The Balaban J connectivity index is 1.99. The topological polar surface area (TPSA) is 63.4 Å². The van der Waals surface area contributed by atoms with Gasteiger partial charge < -0.3 is 5.73 Å². The Morgan fingerprint density at radius 2 is 1.94 bits per heavy atom. The minimum absolute atomic E-state index is 0.394. The van der Waals surface area contributed by atoms with Crippen molar-refractivity contribution >= 4 is 21.1 Å². The van der Waals surface area contributed by atoms with Crippen LogP contribution in [-0.4, -0.2) is 33.0 Å². The molecule has 3 rings (SSSR count). The summed E-state index contributed by atoms with van der Waals surface area (Å²) < 4.78 is 24.0. The summed E-state index contributed by atoms with van der Waals surface area (Å²) in [6.07, 6.45) is 2.40. The normalized spacial score (nSPS) is 21.9. The predicted octanol–water partition coefficient (Wildman–Crippen LogP) is 1.49. The van der Waals surface area contributed by atoms with Gasteiger partial charge in [0.1, 0.15) is 0 Å². The second-order valence-electron chi connectivity index (χ2n) is 4.93. The number of nitrogens with two attached hydrogens (primary N) is 1.